The highest BCUT2D eigenvalue weighted by Crippen LogP contribution is 2.40. The van der Waals surface area contributed by atoms with Crippen LogP contribution in [0.4, 0.5) is 0 Å². The van der Waals surface area contributed by atoms with E-state index in [1.165, 1.54) is 6.42 Å². The van der Waals surface area contributed by atoms with E-state index in [4.69, 9.17) is 0 Å². The lowest BCUT2D eigenvalue weighted by Crippen LogP contribution is -2.49. The summed E-state index contributed by atoms with van der Waals surface area (Å²) in [6, 6.07) is 20.1. The minimum atomic E-state index is -0.382. The third-order valence-electron chi connectivity index (χ3n) is 6.89. The average molecular weight is 405 g/mol. The van der Waals surface area contributed by atoms with Crippen LogP contribution in [0.5, 0.6) is 0 Å². The van der Waals surface area contributed by atoms with Crippen LogP contribution < -0.4 is 5.32 Å². The molecule has 0 spiro atoms. The number of hydrogen-bond donors (Lipinski definition) is 1. The number of carbonyl (C=O) groups is 2. The largest absolute Gasteiger partial charge is 0.351 e. The summed E-state index contributed by atoms with van der Waals surface area (Å²) in [7, 11) is 0. The van der Waals surface area contributed by atoms with Gasteiger partial charge in [-0.1, -0.05) is 79.9 Å². The van der Waals surface area contributed by atoms with Gasteiger partial charge < -0.3 is 5.32 Å². The molecule has 0 unspecified atom stereocenters. The van der Waals surface area contributed by atoms with Crippen LogP contribution in [0.1, 0.15) is 56.1 Å². The van der Waals surface area contributed by atoms with Crippen molar-refractivity contribution in [1.82, 2.24) is 10.2 Å². The van der Waals surface area contributed by atoms with Crippen molar-refractivity contribution >= 4 is 11.7 Å². The molecule has 2 aliphatic rings. The van der Waals surface area contributed by atoms with Gasteiger partial charge in [0.25, 0.3) is 0 Å². The fourth-order valence-electron chi connectivity index (χ4n) is 5.19. The highest BCUT2D eigenvalue weighted by atomic mass is 16.2. The van der Waals surface area contributed by atoms with Gasteiger partial charge in [-0.05, 0) is 43.4 Å². The van der Waals surface area contributed by atoms with Gasteiger partial charge in [0.1, 0.15) is 0 Å². The Balaban J connectivity index is 1.43. The monoisotopic (exact) mass is 404 g/mol. The predicted octanol–water partition coefficient (Wildman–Crippen LogP) is 4.24. The fourth-order valence-corrected chi connectivity index (χ4v) is 5.19. The molecule has 1 heterocycles. The van der Waals surface area contributed by atoms with E-state index in [1.807, 2.05) is 48.5 Å². The van der Waals surface area contributed by atoms with Crippen molar-refractivity contribution in [2.45, 2.75) is 62.9 Å². The third-order valence-corrected chi connectivity index (χ3v) is 6.89. The number of carbonyl (C=O) groups excluding carboxylic acids is 2. The number of benzene rings is 2. The van der Waals surface area contributed by atoms with Crippen LogP contribution in [0, 0.1) is 0 Å². The molecule has 1 aliphatic carbocycles. The first-order valence-corrected chi connectivity index (χ1v) is 11.3. The zero-order valence-electron chi connectivity index (χ0n) is 17.7. The summed E-state index contributed by atoms with van der Waals surface area (Å²) >= 11 is 0. The number of nitrogens with zero attached hydrogens (tertiary/aromatic N) is 1. The Labute approximate surface area is 179 Å². The lowest BCUT2D eigenvalue weighted by atomic mass is 9.66. The third kappa shape index (κ3) is 4.49. The molecular weight excluding hydrogens is 372 g/mol. The van der Waals surface area contributed by atoms with Crippen LogP contribution in [0.25, 0.3) is 0 Å². The minimum Gasteiger partial charge on any atom is -0.351 e. The maximum atomic E-state index is 13.7. The maximum Gasteiger partial charge on any atom is 0.237 e. The van der Waals surface area contributed by atoms with Crippen molar-refractivity contribution in [3.05, 3.63) is 71.8 Å². The molecule has 1 saturated carbocycles. The second-order valence-corrected chi connectivity index (χ2v) is 8.76. The summed E-state index contributed by atoms with van der Waals surface area (Å²) in [4.78, 5) is 28.6. The van der Waals surface area contributed by atoms with Gasteiger partial charge in [0.15, 0.2) is 5.78 Å². The van der Waals surface area contributed by atoms with Crippen LogP contribution in [-0.2, 0) is 21.5 Å². The van der Waals surface area contributed by atoms with Gasteiger partial charge in [-0.3, -0.25) is 14.5 Å². The highest BCUT2D eigenvalue weighted by Gasteiger charge is 2.43. The Morgan fingerprint density at radius 3 is 2.27 bits per heavy atom. The Kier molecular flexibility index (Phi) is 6.63. The van der Waals surface area contributed by atoms with E-state index >= 15 is 0 Å². The molecule has 1 saturated heterocycles. The summed E-state index contributed by atoms with van der Waals surface area (Å²) in [6.07, 6.45) is 7.05. The van der Waals surface area contributed by atoms with E-state index in [9.17, 15) is 9.59 Å². The van der Waals surface area contributed by atoms with E-state index in [-0.39, 0.29) is 23.1 Å². The molecule has 1 aliphatic heterocycles. The molecule has 4 rings (SSSR count). The molecule has 4 heteroatoms. The summed E-state index contributed by atoms with van der Waals surface area (Å²) in [5.41, 5.74) is 1.86. The number of likely N-dealkylation sites (tertiary alicyclic amines) is 1. The zero-order chi connectivity index (χ0) is 20.8. The first-order valence-electron chi connectivity index (χ1n) is 11.3. The molecule has 0 aromatic heterocycles. The Morgan fingerprint density at radius 2 is 1.57 bits per heavy atom. The van der Waals surface area contributed by atoms with Gasteiger partial charge in [0.05, 0.1) is 18.0 Å². The number of ketones is 1. The molecule has 2 fully saturated rings. The second-order valence-electron chi connectivity index (χ2n) is 8.76. The Hall–Kier alpha value is -2.46. The molecule has 4 nitrogen and oxygen atoms in total. The first-order chi connectivity index (χ1) is 14.7. The van der Waals surface area contributed by atoms with Gasteiger partial charge in [-0.2, -0.15) is 0 Å². The van der Waals surface area contributed by atoms with Crippen molar-refractivity contribution < 1.29 is 9.59 Å². The Bertz CT molecular complexity index is 844. The number of Topliss-reactive ketones (excluding diaryl/α,β-unsaturated/α-hetero) is 1. The molecule has 1 amide bonds. The highest BCUT2D eigenvalue weighted by molar-refractivity contribution is 5.92. The van der Waals surface area contributed by atoms with Gasteiger partial charge >= 0.3 is 0 Å². The maximum absolute atomic E-state index is 13.7. The zero-order valence-corrected chi connectivity index (χ0v) is 17.7. The van der Waals surface area contributed by atoms with Crippen molar-refractivity contribution in [3.63, 3.8) is 0 Å². The van der Waals surface area contributed by atoms with E-state index < -0.39 is 0 Å². The van der Waals surface area contributed by atoms with Crippen LogP contribution in [0.15, 0.2) is 60.7 Å². The van der Waals surface area contributed by atoms with Gasteiger partial charge in [0, 0.05) is 6.54 Å². The lowest BCUT2D eigenvalue weighted by molar-refractivity contribution is -0.130. The number of amides is 1. The summed E-state index contributed by atoms with van der Waals surface area (Å²) in [6.45, 7) is 1.73. The van der Waals surface area contributed by atoms with Crippen molar-refractivity contribution in [3.8, 4) is 0 Å². The standard InChI is InChI=1S/C26H32N2O2/c29-24(26(16-8-3-9-17-26)22-13-6-2-7-14-22)20-28-18-10-15-23(28)25(30)27-19-21-11-4-1-5-12-21/h1-2,4-7,11-14,23H,3,8-10,15-20H2,(H,27,30)/t23-/m0/s1. The van der Waals surface area contributed by atoms with E-state index in [0.717, 1.165) is 56.2 Å². The summed E-state index contributed by atoms with van der Waals surface area (Å²) in [5.74, 6) is 0.331. The molecule has 158 valence electrons. The van der Waals surface area contributed by atoms with Crippen LogP contribution in [-0.4, -0.2) is 35.7 Å². The first kappa shape index (κ1) is 20.8. The number of rotatable bonds is 7. The SMILES string of the molecule is O=C(NCc1ccccc1)[C@@H]1CCCN1CC(=O)C1(c2ccccc2)CCCCC1. The van der Waals surface area contributed by atoms with E-state index in [0.29, 0.717) is 13.1 Å². The van der Waals surface area contributed by atoms with Crippen molar-refractivity contribution in [1.29, 1.82) is 0 Å². The minimum absolute atomic E-state index is 0.0431. The summed E-state index contributed by atoms with van der Waals surface area (Å²) in [5, 5.41) is 3.07. The Morgan fingerprint density at radius 1 is 0.900 bits per heavy atom. The van der Waals surface area contributed by atoms with Crippen LogP contribution in [0.3, 0.4) is 0 Å². The lowest BCUT2D eigenvalue weighted by Gasteiger charge is -2.38. The normalized spacial score (nSPS) is 21.3. The predicted molar refractivity (Wildman–Crippen MR) is 119 cm³/mol. The molecule has 1 N–H and O–H groups in total. The summed E-state index contributed by atoms with van der Waals surface area (Å²) < 4.78 is 0. The topological polar surface area (TPSA) is 49.4 Å². The van der Waals surface area contributed by atoms with E-state index in [1.54, 1.807) is 0 Å². The number of nitrogens with one attached hydrogen (secondary N) is 1. The smallest absolute Gasteiger partial charge is 0.237 e. The van der Waals surface area contributed by atoms with Gasteiger partial charge in [-0.25, -0.2) is 0 Å². The quantitative estimate of drug-likeness (QED) is 0.751. The van der Waals surface area contributed by atoms with Crippen LogP contribution >= 0.6 is 0 Å². The number of hydrogen-bond acceptors (Lipinski definition) is 3. The molecule has 1 atom stereocenters. The molecule has 2 aromatic rings. The molecule has 30 heavy (non-hydrogen) atoms. The molecule has 0 bridgehead atoms. The molecule has 2 aromatic carbocycles. The van der Waals surface area contributed by atoms with Crippen molar-refractivity contribution in [2.75, 3.05) is 13.1 Å². The van der Waals surface area contributed by atoms with E-state index in [2.05, 4.69) is 22.3 Å². The van der Waals surface area contributed by atoms with Gasteiger partial charge in [0.2, 0.25) is 5.91 Å². The molecule has 0 radical (unpaired) electrons. The molecular formula is C26H32N2O2. The second kappa shape index (κ2) is 9.57. The fraction of sp³-hybridized carbons (Fsp3) is 0.462. The van der Waals surface area contributed by atoms with Gasteiger partial charge in [-0.15, -0.1) is 0 Å². The van der Waals surface area contributed by atoms with Crippen LogP contribution in [0.2, 0.25) is 0 Å². The van der Waals surface area contributed by atoms with Crippen molar-refractivity contribution in [2.24, 2.45) is 0 Å². The average Bonchev–Trinajstić information content (AvgIpc) is 3.27.